The van der Waals surface area contributed by atoms with E-state index in [-0.39, 0.29) is 28.5 Å². The number of alkyl halides is 2. The van der Waals surface area contributed by atoms with Crippen LogP contribution in [0.15, 0.2) is 48.8 Å². The number of carbonyl (C=O) groups excluding carboxylic acids is 2. The van der Waals surface area contributed by atoms with Crippen LogP contribution in [0.5, 0.6) is 5.75 Å². The summed E-state index contributed by atoms with van der Waals surface area (Å²) in [4.78, 5) is 38.5. The fourth-order valence-electron chi connectivity index (χ4n) is 6.37. The molecular weight excluding hydrogens is 571 g/mol. The third kappa shape index (κ3) is 5.04. The second-order valence-corrected chi connectivity index (χ2v) is 11.6. The summed E-state index contributed by atoms with van der Waals surface area (Å²) in [5.74, 6) is 0.443. The number of hydrogen-bond acceptors (Lipinski definition) is 6. The molecule has 1 aliphatic carbocycles. The lowest BCUT2D eigenvalue weighted by Crippen LogP contribution is -2.64. The Kier molecular flexibility index (Phi) is 7.46. The van der Waals surface area contributed by atoms with E-state index in [0.29, 0.717) is 56.8 Å². The number of carbonyl (C=O) groups is 2. The number of rotatable bonds is 7. The van der Waals surface area contributed by atoms with Crippen LogP contribution in [-0.2, 0) is 10.2 Å². The van der Waals surface area contributed by atoms with Crippen molar-refractivity contribution >= 4 is 34.9 Å². The van der Waals surface area contributed by atoms with Crippen molar-refractivity contribution in [3.63, 3.8) is 0 Å². The van der Waals surface area contributed by atoms with Gasteiger partial charge in [-0.1, -0.05) is 17.7 Å². The quantitative estimate of drug-likeness (QED) is 0.396. The van der Waals surface area contributed by atoms with E-state index < -0.39 is 29.3 Å². The number of aromatic nitrogens is 2. The van der Waals surface area contributed by atoms with Gasteiger partial charge in [-0.05, 0) is 67.5 Å². The fourth-order valence-corrected chi connectivity index (χ4v) is 6.52. The molecule has 6 rings (SSSR count). The average molecular weight is 600 g/mol. The highest BCUT2D eigenvalue weighted by atomic mass is 35.5. The van der Waals surface area contributed by atoms with Gasteiger partial charge >= 0.3 is 0 Å². The van der Waals surface area contributed by atoms with Gasteiger partial charge in [-0.3, -0.25) is 14.6 Å². The van der Waals surface area contributed by atoms with Gasteiger partial charge < -0.3 is 19.9 Å². The Bertz CT molecular complexity index is 1510. The molecule has 1 saturated heterocycles. The van der Waals surface area contributed by atoms with Gasteiger partial charge in [0, 0.05) is 31.9 Å². The van der Waals surface area contributed by atoms with Crippen molar-refractivity contribution in [2.75, 3.05) is 36.5 Å². The summed E-state index contributed by atoms with van der Waals surface area (Å²) in [5, 5.41) is 2.95. The molecule has 1 aromatic carbocycles. The molecule has 12 heteroatoms. The molecule has 8 nitrogen and oxygen atoms in total. The monoisotopic (exact) mass is 599 g/mol. The SMILES string of the molecule is COc1ccc(N2CC3(C2)C(=O)N(C[C@H]2CC[C@H](NC(=O)c4cc(Cl)cnc4C(F)F)CC2)c2cc(F)ccc23)nc1. The standard InChI is InChI=1S/C30H29ClF3N5O3/c1-42-21-7-9-25(35-13-21)38-15-30(16-38)23-8-4-19(32)11-24(23)39(29(30)41)14-17-2-5-20(6-3-17)37-28(40)22-10-18(31)12-36-26(22)27(33)34/h4,7-13,17,20,27H,2-3,5-6,14-16H2,1H3,(H,37,40)/t17-,20-. The van der Waals surface area contributed by atoms with E-state index in [2.05, 4.69) is 15.3 Å². The van der Waals surface area contributed by atoms with E-state index in [1.165, 1.54) is 18.2 Å². The Balaban J connectivity index is 1.11. The zero-order valence-corrected chi connectivity index (χ0v) is 23.6. The zero-order chi connectivity index (χ0) is 29.6. The van der Waals surface area contributed by atoms with Crippen LogP contribution in [0.25, 0.3) is 0 Å². The van der Waals surface area contributed by atoms with Crippen molar-refractivity contribution in [2.45, 2.75) is 43.6 Å². The third-order valence-electron chi connectivity index (χ3n) is 8.58. The van der Waals surface area contributed by atoms with Gasteiger partial charge in [0.15, 0.2) is 0 Å². The largest absolute Gasteiger partial charge is 0.495 e. The molecule has 2 aromatic heterocycles. The first-order valence-corrected chi connectivity index (χ1v) is 14.2. The van der Waals surface area contributed by atoms with Gasteiger partial charge in [0.2, 0.25) is 5.91 Å². The van der Waals surface area contributed by atoms with Crippen molar-refractivity contribution in [2.24, 2.45) is 5.92 Å². The van der Waals surface area contributed by atoms with Gasteiger partial charge in [-0.15, -0.1) is 0 Å². The molecule has 0 bridgehead atoms. The van der Waals surface area contributed by atoms with Gasteiger partial charge in [-0.25, -0.2) is 18.2 Å². The van der Waals surface area contributed by atoms with Crippen molar-refractivity contribution < 1.29 is 27.5 Å². The lowest BCUT2D eigenvalue weighted by molar-refractivity contribution is -0.124. The molecule has 0 atom stereocenters. The second kappa shape index (κ2) is 11.1. The van der Waals surface area contributed by atoms with Crippen LogP contribution in [-0.4, -0.2) is 54.6 Å². The van der Waals surface area contributed by atoms with E-state index in [1.54, 1.807) is 24.3 Å². The summed E-state index contributed by atoms with van der Waals surface area (Å²) in [7, 11) is 1.57. The van der Waals surface area contributed by atoms with E-state index in [0.717, 1.165) is 17.6 Å². The predicted octanol–water partition coefficient (Wildman–Crippen LogP) is 5.31. The van der Waals surface area contributed by atoms with Gasteiger partial charge in [0.1, 0.15) is 28.5 Å². The Morgan fingerprint density at radius 3 is 2.55 bits per heavy atom. The molecule has 42 heavy (non-hydrogen) atoms. The maximum atomic E-state index is 14.4. The summed E-state index contributed by atoms with van der Waals surface area (Å²) >= 11 is 5.90. The van der Waals surface area contributed by atoms with E-state index in [1.807, 2.05) is 17.0 Å². The first kappa shape index (κ1) is 28.3. The molecule has 0 unspecified atom stereocenters. The first-order chi connectivity index (χ1) is 20.2. The lowest BCUT2D eigenvalue weighted by Gasteiger charge is -2.47. The molecule has 2 aliphatic heterocycles. The highest BCUT2D eigenvalue weighted by molar-refractivity contribution is 6.30. The van der Waals surface area contributed by atoms with Gasteiger partial charge in [0.05, 0.1) is 29.6 Å². The summed E-state index contributed by atoms with van der Waals surface area (Å²) in [6, 6.07) is 9.21. The maximum absolute atomic E-state index is 14.4. The maximum Gasteiger partial charge on any atom is 0.281 e. The molecule has 4 heterocycles. The van der Waals surface area contributed by atoms with Gasteiger partial charge in [0.25, 0.3) is 12.3 Å². The van der Waals surface area contributed by atoms with Crippen LogP contribution in [0.4, 0.5) is 24.7 Å². The minimum Gasteiger partial charge on any atom is -0.495 e. The number of nitrogens with one attached hydrogen (secondary N) is 1. The molecule has 2 fully saturated rings. The van der Waals surface area contributed by atoms with Crippen LogP contribution in [0, 0.1) is 11.7 Å². The summed E-state index contributed by atoms with van der Waals surface area (Å²) < 4.78 is 46.3. The molecule has 3 aromatic rings. The second-order valence-electron chi connectivity index (χ2n) is 11.1. The minimum absolute atomic E-state index is 0.0451. The minimum atomic E-state index is -2.90. The molecule has 1 saturated carbocycles. The van der Waals surface area contributed by atoms with Crippen LogP contribution in [0.3, 0.4) is 0 Å². The Morgan fingerprint density at radius 2 is 1.88 bits per heavy atom. The number of hydrogen-bond donors (Lipinski definition) is 1. The molecule has 220 valence electrons. The molecule has 3 aliphatic rings. The van der Waals surface area contributed by atoms with Crippen molar-refractivity contribution in [1.82, 2.24) is 15.3 Å². The molecule has 0 radical (unpaired) electrons. The molecule has 1 spiro atoms. The summed E-state index contributed by atoms with van der Waals surface area (Å²) in [5.41, 5.74) is -0.167. The molecule has 2 amide bonds. The van der Waals surface area contributed by atoms with Crippen molar-refractivity contribution in [1.29, 1.82) is 0 Å². The summed E-state index contributed by atoms with van der Waals surface area (Å²) in [6.07, 6.45) is 2.49. The zero-order valence-electron chi connectivity index (χ0n) is 22.8. The Hall–Kier alpha value is -3.86. The number of pyridine rings is 2. The van der Waals surface area contributed by atoms with E-state index >= 15 is 0 Å². The predicted molar refractivity (Wildman–Crippen MR) is 151 cm³/mol. The smallest absolute Gasteiger partial charge is 0.281 e. The van der Waals surface area contributed by atoms with Crippen molar-refractivity contribution in [3.05, 3.63) is 76.5 Å². The molecule has 1 N–H and O–H groups in total. The summed E-state index contributed by atoms with van der Waals surface area (Å²) in [6.45, 7) is 1.32. The van der Waals surface area contributed by atoms with Crippen LogP contribution >= 0.6 is 11.6 Å². The number of nitrogens with zero attached hydrogens (tertiary/aromatic N) is 4. The number of anilines is 2. The fraction of sp³-hybridized carbons (Fsp3) is 0.400. The third-order valence-corrected chi connectivity index (χ3v) is 8.79. The molecular formula is C30H29ClF3N5O3. The average Bonchev–Trinajstić information content (AvgIpc) is 3.20. The van der Waals surface area contributed by atoms with Crippen LogP contribution in [0.1, 0.15) is 53.7 Å². The first-order valence-electron chi connectivity index (χ1n) is 13.8. The number of halogens is 4. The van der Waals surface area contributed by atoms with Crippen LogP contribution in [0.2, 0.25) is 5.02 Å². The topological polar surface area (TPSA) is 87.7 Å². The number of fused-ring (bicyclic) bond motifs is 2. The number of amides is 2. The number of benzene rings is 1. The van der Waals surface area contributed by atoms with E-state index in [4.69, 9.17) is 16.3 Å². The highest BCUT2D eigenvalue weighted by Crippen LogP contribution is 2.49. The van der Waals surface area contributed by atoms with Crippen LogP contribution < -0.4 is 19.9 Å². The normalized spacial score (nSPS) is 21.0. The van der Waals surface area contributed by atoms with Crippen molar-refractivity contribution in [3.8, 4) is 5.75 Å². The lowest BCUT2D eigenvalue weighted by atomic mass is 9.74. The highest BCUT2D eigenvalue weighted by Gasteiger charge is 2.58. The number of ether oxygens (including phenoxy) is 1. The van der Waals surface area contributed by atoms with Gasteiger partial charge in [-0.2, -0.15) is 0 Å². The Morgan fingerprint density at radius 1 is 1.12 bits per heavy atom. The number of methoxy groups -OCH3 is 1. The Labute approximate surface area is 245 Å². The van der Waals surface area contributed by atoms with E-state index in [9.17, 15) is 22.8 Å².